The number of amidine groups is 1. The van der Waals surface area contributed by atoms with Gasteiger partial charge in [0.15, 0.2) is 5.17 Å². The zero-order valence-electron chi connectivity index (χ0n) is 12.8. The Balaban J connectivity index is 1.80. The molecule has 0 saturated carbocycles. The van der Waals surface area contributed by atoms with Gasteiger partial charge in [0.2, 0.25) is 0 Å². The van der Waals surface area contributed by atoms with Gasteiger partial charge < -0.3 is 4.90 Å². The number of carbonyl (C=O) groups is 1. The molecule has 6 nitrogen and oxygen atoms in total. The molecule has 1 amide bonds. The SMILES string of the molecule is Cc1ccc(/C=C2/SC(N3CCCCC3)=NC2=O)cc1[N+](=O)[O-]. The number of benzene rings is 1. The molecule has 1 aromatic carbocycles. The highest BCUT2D eigenvalue weighted by molar-refractivity contribution is 8.18. The van der Waals surface area contributed by atoms with Crippen molar-refractivity contribution in [1.29, 1.82) is 0 Å². The van der Waals surface area contributed by atoms with Crippen LogP contribution in [0.3, 0.4) is 0 Å². The van der Waals surface area contributed by atoms with E-state index >= 15 is 0 Å². The summed E-state index contributed by atoms with van der Waals surface area (Å²) in [5.74, 6) is -0.265. The molecule has 0 N–H and O–H groups in total. The summed E-state index contributed by atoms with van der Waals surface area (Å²) in [7, 11) is 0. The van der Waals surface area contributed by atoms with Gasteiger partial charge in [-0.1, -0.05) is 12.1 Å². The Morgan fingerprint density at radius 2 is 2.04 bits per heavy atom. The Hall–Kier alpha value is -2.15. The lowest BCUT2D eigenvalue weighted by molar-refractivity contribution is -0.385. The Labute approximate surface area is 138 Å². The van der Waals surface area contributed by atoms with E-state index in [2.05, 4.69) is 9.89 Å². The molecule has 2 heterocycles. The van der Waals surface area contributed by atoms with Crippen molar-refractivity contribution in [1.82, 2.24) is 4.90 Å². The van der Waals surface area contributed by atoms with Crippen LogP contribution in [0.2, 0.25) is 0 Å². The van der Waals surface area contributed by atoms with E-state index in [4.69, 9.17) is 0 Å². The summed E-state index contributed by atoms with van der Waals surface area (Å²) in [5.41, 5.74) is 1.31. The van der Waals surface area contributed by atoms with Crippen molar-refractivity contribution in [2.45, 2.75) is 26.2 Å². The molecular formula is C16H17N3O3S. The number of amides is 1. The summed E-state index contributed by atoms with van der Waals surface area (Å²) in [6.45, 7) is 3.56. The lowest BCUT2D eigenvalue weighted by atomic mass is 10.1. The van der Waals surface area contributed by atoms with Crippen LogP contribution in [0.4, 0.5) is 5.69 Å². The number of carbonyl (C=O) groups excluding carboxylic acids is 1. The molecular weight excluding hydrogens is 314 g/mol. The number of likely N-dealkylation sites (tertiary alicyclic amines) is 1. The van der Waals surface area contributed by atoms with Crippen molar-refractivity contribution in [3.05, 3.63) is 44.3 Å². The van der Waals surface area contributed by atoms with E-state index in [0.717, 1.165) is 31.1 Å². The molecule has 0 aliphatic carbocycles. The molecule has 2 aliphatic heterocycles. The molecule has 0 bridgehead atoms. The highest BCUT2D eigenvalue weighted by Crippen LogP contribution is 2.32. The van der Waals surface area contributed by atoms with E-state index in [-0.39, 0.29) is 11.6 Å². The first-order valence-corrected chi connectivity index (χ1v) is 8.39. The van der Waals surface area contributed by atoms with E-state index in [9.17, 15) is 14.9 Å². The topological polar surface area (TPSA) is 75.8 Å². The third-order valence-electron chi connectivity index (χ3n) is 3.96. The maximum Gasteiger partial charge on any atom is 0.286 e. The number of aryl methyl sites for hydroxylation is 1. The van der Waals surface area contributed by atoms with Crippen LogP contribution in [0, 0.1) is 17.0 Å². The third kappa shape index (κ3) is 3.44. The molecule has 2 aliphatic rings. The first kappa shape index (κ1) is 15.7. The number of nitro groups is 1. The fraction of sp³-hybridized carbons (Fsp3) is 0.375. The number of nitro benzene ring substituents is 1. The standard InChI is InChI=1S/C16H17N3O3S/c1-11-5-6-12(9-13(11)19(21)22)10-14-15(20)17-16(23-14)18-7-3-2-4-8-18/h5-6,9-10H,2-4,7-8H2,1H3/b14-10+. The van der Waals surface area contributed by atoms with Crippen molar-refractivity contribution in [3.63, 3.8) is 0 Å². The number of thioether (sulfide) groups is 1. The molecule has 0 radical (unpaired) electrons. The summed E-state index contributed by atoms with van der Waals surface area (Å²) in [6, 6.07) is 4.97. The summed E-state index contributed by atoms with van der Waals surface area (Å²) < 4.78 is 0. The minimum absolute atomic E-state index is 0.0620. The molecule has 23 heavy (non-hydrogen) atoms. The zero-order valence-corrected chi connectivity index (χ0v) is 13.6. The lowest BCUT2D eigenvalue weighted by Crippen LogP contribution is -2.33. The molecule has 0 aromatic heterocycles. The predicted molar refractivity (Wildman–Crippen MR) is 91.3 cm³/mol. The Morgan fingerprint density at radius 3 is 2.74 bits per heavy atom. The largest absolute Gasteiger partial charge is 0.351 e. The second-order valence-electron chi connectivity index (χ2n) is 5.66. The maximum atomic E-state index is 12.1. The summed E-state index contributed by atoms with van der Waals surface area (Å²) in [4.78, 5) is 29.5. The highest BCUT2D eigenvalue weighted by Gasteiger charge is 2.27. The first-order chi connectivity index (χ1) is 11.0. The molecule has 7 heteroatoms. The van der Waals surface area contributed by atoms with Crippen molar-refractivity contribution in [2.24, 2.45) is 4.99 Å². The number of piperidine rings is 1. The molecule has 1 saturated heterocycles. The van der Waals surface area contributed by atoms with Crippen molar-refractivity contribution in [2.75, 3.05) is 13.1 Å². The summed E-state index contributed by atoms with van der Waals surface area (Å²) >= 11 is 1.36. The number of nitrogens with zero attached hydrogens (tertiary/aromatic N) is 3. The fourth-order valence-electron chi connectivity index (χ4n) is 2.68. The van der Waals surface area contributed by atoms with Gasteiger partial charge in [-0.2, -0.15) is 4.99 Å². The monoisotopic (exact) mass is 331 g/mol. The zero-order chi connectivity index (χ0) is 16.4. The number of hydrogen-bond acceptors (Lipinski definition) is 5. The smallest absolute Gasteiger partial charge is 0.286 e. The van der Waals surface area contributed by atoms with Gasteiger partial charge in [-0.3, -0.25) is 14.9 Å². The lowest BCUT2D eigenvalue weighted by Gasteiger charge is -2.27. The van der Waals surface area contributed by atoms with E-state index in [1.165, 1.54) is 24.2 Å². The van der Waals surface area contributed by atoms with E-state index in [1.54, 1.807) is 25.1 Å². The fourth-order valence-corrected chi connectivity index (χ4v) is 3.65. The molecule has 0 atom stereocenters. The number of hydrogen-bond donors (Lipinski definition) is 0. The van der Waals surface area contributed by atoms with Crippen LogP contribution in [0.5, 0.6) is 0 Å². The van der Waals surface area contributed by atoms with Crippen molar-refractivity contribution in [3.8, 4) is 0 Å². The quantitative estimate of drug-likeness (QED) is 0.472. The maximum absolute atomic E-state index is 12.1. The van der Waals surface area contributed by atoms with Gasteiger partial charge in [-0.25, -0.2) is 0 Å². The minimum Gasteiger partial charge on any atom is -0.351 e. The van der Waals surface area contributed by atoms with Crippen molar-refractivity contribution >= 4 is 34.6 Å². The number of rotatable bonds is 2. The van der Waals surface area contributed by atoms with Crippen LogP contribution in [-0.2, 0) is 4.79 Å². The van der Waals surface area contributed by atoms with Crippen LogP contribution in [0.15, 0.2) is 28.1 Å². The van der Waals surface area contributed by atoms with Crippen LogP contribution >= 0.6 is 11.8 Å². The van der Waals surface area contributed by atoms with Crippen molar-refractivity contribution < 1.29 is 9.72 Å². The second-order valence-corrected chi connectivity index (χ2v) is 6.67. The van der Waals surface area contributed by atoms with Gasteiger partial charge in [0.1, 0.15) is 0 Å². The Bertz CT molecular complexity index is 721. The molecule has 0 unspecified atom stereocenters. The second kappa shape index (κ2) is 6.54. The van der Waals surface area contributed by atoms with E-state index in [1.807, 2.05) is 0 Å². The molecule has 120 valence electrons. The molecule has 1 aromatic rings. The molecule has 1 fully saturated rings. The first-order valence-electron chi connectivity index (χ1n) is 7.57. The summed E-state index contributed by atoms with van der Waals surface area (Å²) in [5, 5.41) is 11.8. The highest BCUT2D eigenvalue weighted by atomic mass is 32.2. The molecule has 0 spiro atoms. The molecule has 3 rings (SSSR count). The van der Waals surface area contributed by atoms with E-state index in [0.29, 0.717) is 16.0 Å². The van der Waals surface area contributed by atoms with Gasteiger partial charge in [0.05, 0.1) is 9.83 Å². The normalized spacial score (nSPS) is 20.0. The van der Waals surface area contributed by atoms with E-state index < -0.39 is 4.92 Å². The Morgan fingerprint density at radius 1 is 1.30 bits per heavy atom. The third-order valence-corrected chi connectivity index (χ3v) is 5.01. The summed E-state index contributed by atoms with van der Waals surface area (Å²) in [6.07, 6.45) is 5.14. The Kier molecular flexibility index (Phi) is 4.47. The van der Waals surface area contributed by atoms with Crippen LogP contribution in [-0.4, -0.2) is 34.0 Å². The average molecular weight is 331 g/mol. The van der Waals surface area contributed by atoms with Crippen LogP contribution in [0.1, 0.15) is 30.4 Å². The van der Waals surface area contributed by atoms with Gasteiger partial charge in [0, 0.05) is 24.7 Å². The average Bonchev–Trinajstić information content (AvgIpc) is 2.91. The predicted octanol–water partition coefficient (Wildman–Crippen LogP) is 3.36. The number of aliphatic imine (C=N–C) groups is 1. The van der Waals surface area contributed by atoms with Crippen LogP contribution in [0.25, 0.3) is 6.08 Å². The van der Waals surface area contributed by atoms with Crippen LogP contribution < -0.4 is 0 Å². The van der Waals surface area contributed by atoms with Gasteiger partial charge in [-0.05, 0) is 49.6 Å². The minimum atomic E-state index is -0.406. The van der Waals surface area contributed by atoms with Gasteiger partial charge >= 0.3 is 0 Å². The van der Waals surface area contributed by atoms with Gasteiger partial charge in [-0.15, -0.1) is 0 Å². The van der Waals surface area contributed by atoms with Gasteiger partial charge in [0.25, 0.3) is 11.6 Å².